The molecule has 0 bridgehead atoms. The minimum absolute atomic E-state index is 0.181. The van der Waals surface area contributed by atoms with Crippen LogP contribution >= 0.6 is 23.2 Å². The Kier molecular flexibility index (Phi) is 6.04. The highest BCUT2D eigenvalue weighted by Gasteiger charge is 2.39. The van der Waals surface area contributed by atoms with Crippen molar-refractivity contribution >= 4 is 23.2 Å². The lowest BCUT2D eigenvalue weighted by Crippen LogP contribution is -2.48. The fourth-order valence-corrected chi connectivity index (χ4v) is 4.44. The number of benzene rings is 1. The topological polar surface area (TPSA) is 41.9 Å². The number of aliphatic hydroxyl groups is 1. The third-order valence-corrected chi connectivity index (χ3v) is 6.56. The zero-order chi connectivity index (χ0) is 18.1. The monoisotopic (exact) mass is 387 g/mol. The Hall–Kier alpha value is -0.680. The van der Waals surface area contributed by atoms with Gasteiger partial charge in [0.15, 0.2) is 11.5 Å². The number of aliphatic hydroxyl groups excluding tert-OH is 1. The lowest BCUT2D eigenvalue weighted by Gasteiger charge is -2.46. The van der Waals surface area contributed by atoms with E-state index in [0.717, 1.165) is 43.9 Å². The SMILES string of the molecule is COc1cc2c(cc1OC)C1CC(O)C(CC(C)C(Cl)Cl)CN1CC2. The fraction of sp³-hybridized carbons (Fsp3) is 0.684. The van der Waals surface area contributed by atoms with Crippen molar-refractivity contribution in [1.29, 1.82) is 0 Å². The Morgan fingerprint density at radius 2 is 1.92 bits per heavy atom. The van der Waals surface area contributed by atoms with Crippen LogP contribution in [-0.2, 0) is 6.42 Å². The molecule has 1 N–H and O–H groups in total. The molecule has 1 aromatic carbocycles. The highest BCUT2D eigenvalue weighted by Crippen LogP contribution is 2.43. The molecular formula is C19H27Cl2NO3. The van der Waals surface area contributed by atoms with E-state index in [1.807, 2.05) is 6.92 Å². The van der Waals surface area contributed by atoms with Gasteiger partial charge in [0.05, 0.1) is 20.3 Å². The average Bonchev–Trinajstić information content (AvgIpc) is 2.60. The number of rotatable bonds is 5. The predicted octanol–water partition coefficient (Wildman–Crippen LogP) is 3.81. The van der Waals surface area contributed by atoms with Gasteiger partial charge in [-0.15, -0.1) is 23.2 Å². The molecular weight excluding hydrogens is 361 g/mol. The van der Waals surface area contributed by atoms with Crippen molar-refractivity contribution < 1.29 is 14.6 Å². The molecule has 2 heterocycles. The molecule has 1 saturated heterocycles. The van der Waals surface area contributed by atoms with Crippen LogP contribution in [0.25, 0.3) is 0 Å². The van der Waals surface area contributed by atoms with Crippen LogP contribution in [-0.4, -0.2) is 48.3 Å². The molecule has 0 amide bonds. The van der Waals surface area contributed by atoms with Gasteiger partial charge in [-0.1, -0.05) is 6.92 Å². The maximum atomic E-state index is 10.7. The quantitative estimate of drug-likeness (QED) is 0.779. The molecule has 1 fully saturated rings. The number of piperidine rings is 1. The Morgan fingerprint density at radius 3 is 2.56 bits per heavy atom. The number of ether oxygens (including phenoxy) is 2. The highest BCUT2D eigenvalue weighted by atomic mass is 35.5. The number of fused-ring (bicyclic) bond motifs is 3. The van der Waals surface area contributed by atoms with Gasteiger partial charge in [-0.25, -0.2) is 0 Å². The van der Waals surface area contributed by atoms with E-state index in [1.165, 1.54) is 11.1 Å². The molecule has 4 unspecified atom stereocenters. The van der Waals surface area contributed by atoms with E-state index >= 15 is 0 Å². The molecule has 6 heteroatoms. The number of alkyl halides is 2. The van der Waals surface area contributed by atoms with Crippen LogP contribution in [0.2, 0.25) is 0 Å². The number of methoxy groups -OCH3 is 2. The van der Waals surface area contributed by atoms with E-state index in [4.69, 9.17) is 32.7 Å². The highest BCUT2D eigenvalue weighted by molar-refractivity contribution is 6.44. The molecule has 0 saturated carbocycles. The number of hydrogen-bond acceptors (Lipinski definition) is 4. The molecule has 4 nitrogen and oxygen atoms in total. The van der Waals surface area contributed by atoms with E-state index in [1.54, 1.807) is 14.2 Å². The van der Waals surface area contributed by atoms with E-state index in [-0.39, 0.29) is 28.8 Å². The summed E-state index contributed by atoms with van der Waals surface area (Å²) in [5, 5.41) is 10.7. The van der Waals surface area contributed by atoms with Gasteiger partial charge in [0, 0.05) is 19.1 Å². The van der Waals surface area contributed by atoms with Crippen LogP contribution in [0.4, 0.5) is 0 Å². The van der Waals surface area contributed by atoms with Crippen molar-refractivity contribution in [3.8, 4) is 11.5 Å². The maximum Gasteiger partial charge on any atom is 0.161 e. The van der Waals surface area contributed by atoms with E-state index in [2.05, 4.69) is 17.0 Å². The minimum atomic E-state index is -0.385. The summed E-state index contributed by atoms with van der Waals surface area (Å²) in [4.78, 5) is 2.10. The van der Waals surface area contributed by atoms with Crippen molar-refractivity contribution in [3.05, 3.63) is 23.3 Å². The van der Waals surface area contributed by atoms with Crippen molar-refractivity contribution in [2.75, 3.05) is 27.3 Å². The smallest absolute Gasteiger partial charge is 0.161 e. The Balaban J connectivity index is 1.81. The van der Waals surface area contributed by atoms with Crippen LogP contribution in [0.5, 0.6) is 11.5 Å². The number of hydrogen-bond donors (Lipinski definition) is 1. The normalized spacial score (nSPS) is 27.6. The first-order valence-electron chi connectivity index (χ1n) is 8.89. The Bertz CT molecular complexity index is 611. The summed E-state index contributed by atoms with van der Waals surface area (Å²) in [5.74, 6) is 1.92. The largest absolute Gasteiger partial charge is 0.493 e. The number of halogens is 2. The molecule has 2 aliphatic rings. The lowest BCUT2D eigenvalue weighted by atomic mass is 9.79. The van der Waals surface area contributed by atoms with Crippen LogP contribution in [0.15, 0.2) is 12.1 Å². The Labute approximate surface area is 160 Å². The van der Waals surface area contributed by atoms with Gasteiger partial charge in [0.2, 0.25) is 0 Å². The molecule has 0 aromatic heterocycles. The Morgan fingerprint density at radius 1 is 1.24 bits per heavy atom. The van der Waals surface area contributed by atoms with Crippen LogP contribution in [0.1, 0.15) is 36.9 Å². The first-order valence-corrected chi connectivity index (χ1v) is 9.77. The molecule has 1 aromatic rings. The van der Waals surface area contributed by atoms with Crippen LogP contribution in [0, 0.1) is 11.8 Å². The molecule has 4 atom stereocenters. The zero-order valence-corrected chi connectivity index (χ0v) is 16.6. The van der Waals surface area contributed by atoms with Gasteiger partial charge in [-0.3, -0.25) is 4.90 Å². The van der Waals surface area contributed by atoms with Crippen LogP contribution in [0.3, 0.4) is 0 Å². The first-order chi connectivity index (χ1) is 11.9. The molecule has 3 rings (SSSR count). The van der Waals surface area contributed by atoms with Gasteiger partial charge < -0.3 is 14.6 Å². The van der Waals surface area contributed by atoms with E-state index in [9.17, 15) is 5.11 Å². The van der Waals surface area contributed by atoms with Crippen molar-refractivity contribution in [3.63, 3.8) is 0 Å². The molecule has 0 aliphatic carbocycles. The summed E-state index contributed by atoms with van der Waals surface area (Å²) in [5.41, 5.74) is 2.54. The second kappa shape index (κ2) is 7.91. The minimum Gasteiger partial charge on any atom is -0.493 e. The summed E-state index contributed by atoms with van der Waals surface area (Å²) >= 11 is 12.0. The maximum absolute atomic E-state index is 10.7. The molecule has 0 radical (unpaired) electrons. The van der Waals surface area contributed by atoms with Gasteiger partial charge >= 0.3 is 0 Å². The van der Waals surface area contributed by atoms with E-state index in [0.29, 0.717) is 0 Å². The average molecular weight is 388 g/mol. The predicted molar refractivity (Wildman–Crippen MR) is 101 cm³/mol. The van der Waals surface area contributed by atoms with Gasteiger partial charge in [0.1, 0.15) is 4.84 Å². The first kappa shape index (κ1) is 19.1. The molecule has 140 valence electrons. The van der Waals surface area contributed by atoms with Gasteiger partial charge in [0.25, 0.3) is 0 Å². The second-order valence-corrected chi connectivity index (χ2v) is 8.44. The second-order valence-electron chi connectivity index (χ2n) is 7.28. The molecule has 0 spiro atoms. The fourth-order valence-electron chi connectivity index (χ4n) is 4.23. The summed E-state index contributed by atoms with van der Waals surface area (Å²) in [6, 6.07) is 4.39. The summed E-state index contributed by atoms with van der Waals surface area (Å²) < 4.78 is 10.9. The summed E-state index contributed by atoms with van der Waals surface area (Å²) in [6.45, 7) is 3.92. The van der Waals surface area contributed by atoms with Crippen LogP contribution < -0.4 is 9.47 Å². The molecule has 2 aliphatic heterocycles. The van der Waals surface area contributed by atoms with Gasteiger partial charge in [-0.05, 0) is 54.4 Å². The van der Waals surface area contributed by atoms with Gasteiger partial charge in [-0.2, -0.15) is 0 Å². The molecule has 25 heavy (non-hydrogen) atoms. The lowest BCUT2D eigenvalue weighted by molar-refractivity contribution is -0.0193. The standard InChI is InChI=1S/C19H27Cl2NO3/c1-11(19(20)21)6-13-10-22-5-4-12-7-17(24-2)18(25-3)8-14(12)15(22)9-16(13)23/h7-8,11,13,15-16,19,23H,4-6,9-10H2,1-3H3. The van der Waals surface area contributed by atoms with E-state index < -0.39 is 0 Å². The number of nitrogens with zero attached hydrogens (tertiary/aromatic N) is 1. The third-order valence-electron chi connectivity index (χ3n) is 5.70. The zero-order valence-electron chi connectivity index (χ0n) is 15.0. The summed E-state index contributed by atoms with van der Waals surface area (Å²) in [6.07, 6.45) is 2.23. The summed E-state index contributed by atoms with van der Waals surface area (Å²) in [7, 11) is 3.32. The van der Waals surface area contributed by atoms with Crippen molar-refractivity contribution in [1.82, 2.24) is 4.90 Å². The third kappa shape index (κ3) is 3.87. The van der Waals surface area contributed by atoms with Crippen molar-refractivity contribution in [2.45, 2.75) is 43.2 Å². The van der Waals surface area contributed by atoms with Crippen molar-refractivity contribution in [2.24, 2.45) is 11.8 Å².